The highest BCUT2D eigenvalue weighted by molar-refractivity contribution is 5.64. The van der Waals surface area contributed by atoms with Crippen molar-refractivity contribution in [3.8, 4) is 0 Å². The summed E-state index contributed by atoms with van der Waals surface area (Å²) in [7, 11) is 0. The zero-order chi connectivity index (χ0) is 10.5. The van der Waals surface area contributed by atoms with Crippen LogP contribution >= 0.6 is 0 Å². The van der Waals surface area contributed by atoms with Crippen molar-refractivity contribution in [3.05, 3.63) is 11.6 Å². The van der Waals surface area contributed by atoms with Gasteiger partial charge in [0.1, 0.15) is 6.10 Å². The molecule has 6 atom stereocenters. The Bertz CT molecular complexity index is 440. The van der Waals surface area contributed by atoms with E-state index in [4.69, 9.17) is 9.47 Å². The van der Waals surface area contributed by atoms with Crippen LogP contribution in [-0.4, -0.2) is 18.4 Å². The van der Waals surface area contributed by atoms with Gasteiger partial charge in [-0.05, 0) is 37.5 Å². The molecule has 16 heavy (non-hydrogen) atoms. The monoisotopic (exact) mass is 218 g/mol. The normalized spacial score (nSPS) is 59.4. The lowest BCUT2D eigenvalue weighted by Crippen LogP contribution is -2.41. The number of carbonyl (C=O) groups excluding carboxylic acids is 1. The van der Waals surface area contributed by atoms with Gasteiger partial charge < -0.3 is 9.47 Å². The molecular weight excluding hydrogens is 204 g/mol. The molecule has 0 aromatic carbocycles. The summed E-state index contributed by atoms with van der Waals surface area (Å²) < 4.78 is 10.8. The molecule has 5 rings (SSSR count). The summed E-state index contributed by atoms with van der Waals surface area (Å²) in [5, 5.41) is 0. The molecule has 0 N–H and O–H groups in total. The molecule has 1 aliphatic heterocycles. The fourth-order valence-corrected chi connectivity index (χ4v) is 5.41. The second-order valence-electron chi connectivity index (χ2n) is 6.11. The van der Waals surface area contributed by atoms with E-state index in [1.807, 2.05) is 0 Å². The Morgan fingerprint density at radius 3 is 3.19 bits per heavy atom. The topological polar surface area (TPSA) is 35.5 Å². The van der Waals surface area contributed by atoms with E-state index in [1.54, 1.807) is 5.57 Å². The first kappa shape index (κ1) is 8.15. The van der Waals surface area contributed by atoms with Gasteiger partial charge in [0.15, 0.2) is 6.10 Å². The van der Waals surface area contributed by atoms with Crippen LogP contribution in [0.1, 0.15) is 25.7 Å². The van der Waals surface area contributed by atoms with Crippen LogP contribution in [0, 0.1) is 23.2 Å². The predicted molar refractivity (Wildman–Crippen MR) is 54.6 cm³/mol. The van der Waals surface area contributed by atoms with Crippen molar-refractivity contribution in [1.29, 1.82) is 0 Å². The summed E-state index contributed by atoms with van der Waals surface area (Å²) in [6, 6.07) is 0. The van der Waals surface area contributed by atoms with Gasteiger partial charge in [0.05, 0.1) is 0 Å². The van der Waals surface area contributed by atoms with Crippen molar-refractivity contribution in [3.63, 3.8) is 0 Å². The highest BCUT2D eigenvalue weighted by Crippen LogP contribution is 2.72. The Morgan fingerprint density at radius 2 is 2.25 bits per heavy atom. The minimum Gasteiger partial charge on any atom is -0.426 e. The smallest absolute Gasteiger partial charge is 0.426 e. The van der Waals surface area contributed by atoms with Gasteiger partial charge in [-0.3, -0.25) is 0 Å². The molecule has 3 saturated carbocycles. The molecule has 1 heterocycles. The average molecular weight is 218 g/mol. The number of fused-ring (bicyclic) bond motifs is 6. The van der Waals surface area contributed by atoms with Gasteiger partial charge in [-0.25, -0.2) is 4.79 Å². The van der Waals surface area contributed by atoms with E-state index in [0.29, 0.717) is 5.92 Å². The van der Waals surface area contributed by atoms with E-state index >= 15 is 0 Å². The van der Waals surface area contributed by atoms with Gasteiger partial charge >= 0.3 is 6.16 Å². The SMILES string of the molecule is O=C1O[C@@H]2[C@@H]3C=C4[C@H]5CC[C@H](C5)[C@]4(C3)[C@@H]2O1. The number of hydrogen-bond acceptors (Lipinski definition) is 3. The van der Waals surface area contributed by atoms with Crippen LogP contribution < -0.4 is 0 Å². The first-order valence-electron chi connectivity index (χ1n) is 6.38. The van der Waals surface area contributed by atoms with Crippen LogP contribution in [0.15, 0.2) is 11.6 Å². The van der Waals surface area contributed by atoms with E-state index in [2.05, 4.69) is 6.08 Å². The van der Waals surface area contributed by atoms with Crippen molar-refractivity contribution in [2.24, 2.45) is 23.2 Å². The van der Waals surface area contributed by atoms with Crippen LogP contribution in [0.2, 0.25) is 0 Å². The van der Waals surface area contributed by atoms with Crippen LogP contribution in [0.25, 0.3) is 0 Å². The molecule has 3 heteroatoms. The van der Waals surface area contributed by atoms with Gasteiger partial charge in [0.25, 0.3) is 0 Å². The Morgan fingerprint density at radius 1 is 1.31 bits per heavy atom. The zero-order valence-electron chi connectivity index (χ0n) is 9.02. The number of carbonyl (C=O) groups is 1. The molecule has 1 saturated heterocycles. The Kier molecular flexibility index (Phi) is 1.11. The summed E-state index contributed by atoms with van der Waals surface area (Å²) in [6.07, 6.45) is 7.29. The first-order valence-corrected chi connectivity index (χ1v) is 6.38. The molecule has 4 aliphatic carbocycles. The molecule has 0 unspecified atom stereocenters. The van der Waals surface area contributed by atoms with Crippen molar-refractivity contribution >= 4 is 6.16 Å². The highest BCUT2D eigenvalue weighted by atomic mass is 16.8. The molecule has 0 radical (unpaired) electrons. The van der Waals surface area contributed by atoms with Crippen LogP contribution in [0.5, 0.6) is 0 Å². The number of hydrogen-bond donors (Lipinski definition) is 0. The van der Waals surface area contributed by atoms with Crippen molar-refractivity contribution in [2.45, 2.75) is 37.9 Å². The zero-order valence-corrected chi connectivity index (χ0v) is 9.02. The van der Waals surface area contributed by atoms with E-state index < -0.39 is 6.16 Å². The molecule has 84 valence electrons. The average Bonchev–Trinajstić information content (AvgIpc) is 2.97. The lowest BCUT2D eigenvalue weighted by molar-refractivity contribution is 0.0419. The van der Waals surface area contributed by atoms with E-state index in [9.17, 15) is 4.79 Å². The van der Waals surface area contributed by atoms with Gasteiger partial charge in [-0.2, -0.15) is 0 Å². The molecule has 4 bridgehead atoms. The molecule has 5 aliphatic rings. The number of ether oxygens (including phenoxy) is 2. The third-order valence-corrected chi connectivity index (χ3v) is 5.79. The Hall–Kier alpha value is -0.990. The summed E-state index contributed by atoms with van der Waals surface area (Å²) in [5.74, 6) is 2.02. The van der Waals surface area contributed by atoms with Crippen molar-refractivity contribution in [2.75, 3.05) is 0 Å². The minimum absolute atomic E-state index is 0.0376. The maximum absolute atomic E-state index is 11.3. The van der Waals surface area contributed by atoms with Crippen LogP contribution in [0.4, 0.5) is 4.79 Å². The Balaban J connectivity index is 1.70. The molecular formula is C13H14O3. The number of rotatable bonds is 0. The van der Waals surface area contributed by atoms with Gasteiger partial charge in [0, 0.05) is 11.3 Å². The maximum Gasteiger partial charge on any atom is 0.509 e. The third kappa shape index (κ3) is 0.620. The van der Waals surface area contributed by atoms with E-state index in [0.717, 1.165) is 11.8 Å². The van der Waals surface area contributed by atoms with Gasteiger partial charge in [-0.15, -0.1) is 0 Å². The van der Waals surface area contributed by atoms with Crippen molar-refractivity contribution < 1.29 is 14.3 Å². The molecule has 0 amide bonds. The predicted octanol–water partition coefficient (Wildman–Crippen LogP) is 2.27. The lowest BCUT2D eigenvalue weighted by Gasteiger charge is -2.38. The molecule has 1 spiro atoms. The fourth-order valence-electron chi connectivity index (χ4n) is 5.41. The Labute approximate surface area is 93.8 Å². The van der Waals surface area contributed by atoms with Gasteiger partial charge in [0.2, 0.25) is 0 Å². The first-order chi connectivity index (χ1) is 7.79. The second kappa shape index (κ2) is 2.18. The summed E-state index contributed by atoms with van der Waals surface area (Å²) >= 11 is 0. The molecule has 3 nitrogen and oxygen atoms in total. The molecule has 0 aromatic rings. The molecule has 4 fully saturated rings. The van der Waals surface area contributed by atoms with E-state index in [-0.39, 0.29) is 17.6 Å². The third-order valence-electron chi connectivity index (χ3n) is 5.79. The molecule has 0 aromatic heterocycles. The summed E-state index contributed by atoms with van der Waals surface area (Å²) in [4.78, 5) is 11.3. The standard InChI is InChI=1S/C13H14O3/c14-12-15-10-7-4-9-6-1-2-8(3-6)13(9,5-7)11(10)16-12/h4,6-8,10-11H,1-3,5H2/t6-,7+,8+,10+,11+,13-/m0/s1. The highest BCUT2D eigenvalue weighted by Gasteiger charge is 2.72. The maximum atomic E-state index is 11.3. The summed E-state index contributed by atoms with van der Waals surface area (Å²) in [5.41, 5.74) is 1.85. The van der Waals surface area contributed by atoms with Crippen LogP contribution in [0.3, 0.4) is 0 Å². The fraction of sp³-hybridized carbons (Fsp3) is 0.769. The lowest BCUT2D eigenvalue weighted by atomic mass is 9.68. The van der Waals surface area contributed by atoms with Crippen LogP contribution in [-0.2, 0) is 9.47 Å². The van der Waals surface area contributed by atoms with E-state index in [1.165, 1.54) is 25.7 Å². The second-order valence-corrected chi connectivity index (χ2v) is 6.11. The quantitative estimate of drug-likeness (QED) is 0.462. The summed E-state index contributed by atoms with van der Waals surface area (Å²) in [6.45, 7) is 0. The minimum atomic E-state index is -0.434. The van der Waals surface area contributed by atoms with Crippen molar-refractivity contribution in [1.82, 2.24) is 0 Å². The van der Waals surface area contributed by atoms with Gasteiger partial charge in [-0.1, -0.05) is 11.6 Å². The largest absolute Gasteiger partial charge is 0.509 e.